The molecule has 0 saturated heterocycles. The van der Waals surface area contributed by atoms with Gasteiger partial charge in [0.25, 0.3) is 0 Å². The van der Waals surface area contributed by atoms with E-state index in [-0.39, 0.29) is 18.0 Å². The third kappa shape index (κ3) is 6.90. The molecule has 0 bridgehead atoms. The van der Waals surface area contributed by atoms with Crippen LogP contribution in [0.3, 0.4) is 0 Å². The molecular formula is C19H29N7O2. The van der Waals surface area contributed by atoms with Crippen molar-refractivity contribution in [2.75, 3.05) is 20.2 Å². The van der Waals surface area contributed by atoms with E-state index in [1.165, 1.54) is 0 Å². The molecule has 1 amide bonds. The molecule has 2 aromatic rings. The molecule has 0 fully saturated rings. The van der Waals surface area contributed by atoms with Crippen molar-refractivity contribution in [3.05, 3.63) is 30.1 Å². The molecule has 0 atom stereocenters. The van der Waals surface area contributed by atoms with Crippen LogP contribution in [0.25, 0.3) is 11.4 Å². The van der Waals surface area contributed by atoms with Gasteiger partial charge in [0.05, 0.1) is 13.7 Å². The summed E-state index contributed by atoms with van der Waals surface area (Å²) in [4.78, 5) is 20.9. The fraction of sp³-hybridized carbons (Fsp3) is 0.474. The molecule has 4 N–H and O–H groups in total. The van der Waals surface area contributed by atoms with Gasteiger partial charge in [0.1, 0.15) is 18.1 Å². The second-order valence-electron chi connectivity index (χ2n) is 7.18. The summed E-state index contributed by atoms with van der Waals surface area (Å²) in [6.07, 6.45) is 0. The number of aliphatic imine (C=N–C) groups is 1. The van der Waals surface area contributed by atoms with Crippen molar-refractivity contribution >= 4 is 11.9 Å². The zero-order valence-corrected chi connectivity index (χ0v) is 17.1. The summed E-state index contributed by atoms with van der Waals surface area (Å²) < 4.78 is 5.16. The van der Waals surface area contributed by atoms with Crippen molar-refractivity contribution in [1.29, 1.82) is 0 Å². The van der Waals surface area contributed by atoms with Crippen LogP contribution in [0.2, 0.25) is 0 Å². The zero-order valence-electron chi connectivity index (χ0n) is 17.1. The molecular weight excluding hydrogens is 358 g/mol. The molecule has 0 unspecified atom stereocenters. The normalized spacial score (nSPS) is 11.8. The Labute approximate surface area is 165 Å². The molecule has 0 aliphatic rings. The number of rotatable bonds is 7. The number of hydrogen-bond acceptors (Lipinski definition) is 5. The highest BCUT2D eigenvalue weighted by Gasteiger charge is 2.13. The Morgan fingerprint density at radius 1 is 1.21 bits per heavy atom. The van der Waals surface area contributed by atoms with Gasteiger partial charge >= 0.3 is 0 Å². The Kier molecular flexibility index (Phi) is 7.36. The second kappa shape index (κ2) is 9.72. The summed E-state index contributed by atoms with van der Waals surface area (Å²) in [5.41, 5.74) is 0.613. The van der Waals surface area contributed by atoms with Crippen LogP contribution in [0.4, 0.5) is 0 Å². The largest absolute Gasteiger partial charge is 0.497 e. The van der Waals surface area contributed by atoms with Gasteiger partial charge in [-0.05, 0) is 52.0 Å². The van der Waals surface area contributed by atoms with Crippen LogP contribution in [-0.2, 0) is 11.3 Å². The van der Waals surface area contributed by atoms with Crippen molar-refractivity contribution in [3.63, 3.8) is 0 Å². The predicted molar refractivity (Wildman–Crippen MR) is 109 cm³/mol. The average Bonchev–Trinajstić information content (AvgIpc) is 3.11. The summed E-state index contributed by atoms with van der Waals surface area (Å²) in [5, 5.41) is 16.1. The Morgan fingerprint density at radius 3 is 2.54 bits per heavy atom. The first kappa shape index (κ1) is 21.2. The van der Waals surface area contributed by atoms with Gasteiger partial charge in [-0.15, -0.1) is 0 Å². The summed E-state index contributed by atoms with van der Waals surface area (Å²) in [7, 11) is 1.63. The standard InChI is InChI=1S/C19H29N7O2/c1-6-20-18(22-12-16(27)24-19(2,3)4)21-11-15-23-17(26-25-15)13-7-9-14(28-5)10-8-13/h7-10H,6,11-12H2,1-5H3,(H,24,27)(H2,20,21,22)(H,23,25,26). The van der Waals surface area contributed by atoms with Crippen LogP contribution in [-0.4, -0.2) is 52.8 Å². The molecule has 0 saturated carbocycles. The lowest BCUT2D eigenvalue weighted by molar-refractivity contribution is -0.121. The Balaban J connectivity index is 1.96. The van der Waals surface area contributed by atoms with Gasteiger partial charge in [0.2, 0.25) is 5.91 Å². The molecule has 152 valence electrons. The number of H-pyrrole nitrogens is 1. The summed E-state index contributed by atoms with van der Waals surface area (Å²) in [6.45, 7) is 8.90. The molecule has 0 spiro atoms. The van der Waals surface area contributed by atoms with Crippen LogP contribution in [0.15, 0.2) is 29.3 Å². The lowest BCUT2D eigenvalue weighted by Gasteiger charge is -2.21. The molecule has 2 rings (SSSR count). The summed E-state index contributed by atoms with van der Waals surface area (Å²) in [5.74, 6) is 2.44. The highest BCUT2D eigenvalue weighted by atomic mass is 16.5. The number of carbonyl (C=O) groups is 1. The number of ether oxygens (including phenoxy) is 1. The lowest BCUT2D eigenvalue weighted by atomic mass is 10.1. The predicted octanol–water partition coefficient (Wildman–Crippen LogP) is 1.45. The first-order chi connectivity index (χ1) is 13.3. The second-order valence-corrected chi connectivity index (χ2v) is 7.18. The minimum Gasteiger partial charge on any atom is -0.497 e. The van der Waals surface area contributed by atoms with E-state index in [9.17, 15) is 4.79 Å². The van der Waals surface area contributed by atoms with Crippen LogP contribution in [0.5, 0.6) is 5.75 Å². The Morgan fingerprint density at radius 2 is 1.93 bits per heavy atom. The third-order valence-corrected chi connectivity index (χ3v) is 3.54. The van der Waals surface area contributed by atoms with Gasteiger partial charge in [-0.3, -0.25) is 9.89 Å². The Hall–Kier alpha value is -3.10. The minimum atomic E-state index is -0.272. The van der Waals surface area contributed by atoms with E-state index < -0.39 is 0 Å². The highest BCUT2D eigenvalue weighted by molar-refractivity contribution is 5.86. The number of aromatic nitrogens is 3. The number of guanidine groups is 1. The lowest BCUT2D eigenvalue weighted by Crippen LogP contribution is -2.48. The van der Waals surface area contributed by atoms with Crippen molar-refractivity contribution in [1.82, 2.24) is 31.1 Å². The van der Waals surface area contributed by atoms with Gasteiger partial charge in [-0.2, -0.15) is 5.10 Å². The van der Waals surface area contributed by atoms with Crippen LogP contribution < -0.4 is 20.7 Å². The number of amides is 1. The van der Waals surface area contributed by atoms with Gasteiger partial charge in [0, 0.05) is 17.6 Å². The fourth-order valence-electron chi connectivity index (χ4n) is 2.36. The smallest absolute Gasteiger partial charge is 0.239 e. The van der Waals surface area contributed by atoms with Gasteiger partial charge < -0.3 is 20.7 Å². The minimum absolute atomic E-state index is 0.0976. The van der Waals surface area contributed by atoms with E-state index in [2.05, 4.69) is 36.1 Å². The maximum Gasteiger partial charge on any atom is 0.239 e. The molecule has 28 heavy (non-hydrogen) atoms. The number of benzene rings is 1. The van der Waals surface area contributed by atoms with E-state index in [1.54, 1.807) is 7.11 Å². The molecule has 9 heteroatoms. The van der Waals surface area contributed by atoms with E-state index in [0.717, 1.165) is 11.3 Å². The maximum absolute atomic E-state index is 12.0. The van der Waals surface area contributed by atoms with Crippen molar-refractivity contribution in [2.24, 2.45) is 4.99 Å². The van der Waals surface area contributed by atoms with E-state index >= 15 is 0 Å². The fourth-order valence-corrected chi connectivity index (χ4v) is 2.36. The molecule has 9 nitrogen and oxygen atoms in total. The number of carbonyl (C=O) groups excluding carboxylic acids is 1. The molecule has 1 aromatic carbocycles. The molecule has 0 aliphatic heterocycles. The van der Waals surface area contributed by atoms with E-state index in [1.807, 2.05) is 52.0 Å². The summed E-state index contributed by atoms with van der Waals surface area (Å²) in [6, 6.07) is 7.52. The molecule has 0 radical (unpaired) electrons. The third-order valence-electron chi connectivity index (χ3n) is 3.54. The molecule has 0 aliphatic carbocycles. The van der Waals surface area contributed by atoms with Crippen LogP contribution in [0.1, 0.15) is 33.5 Å². The van der Waals surface area contributed by atoms with E-state index in [0.29, 0.717) is 30.7 Å². The number of nitrogens with one attached hydrogen (secondary N) is 4. The Bertz CT molecular complexity index is 791. The zero-order chi connectivity index (χ0) is 20.6. The number of methoxy groups -OCH3 is 1. The highest BCUT2D eigenvalue weighted by Crippen LogP contribution is 2.18. The van der Waals surface area contributed by atoms with Crippen molar-refractivity contribution in [2.45, 2.75) is 39.8 Å². The van der Waals surface area contributed by atoms with Gasteiger partial charge in [-0.25, -0.2) is 9.98 Å². The van der Waals surface area contributed by atoms with E-state index in [4.69, 9.17) is 4.74 Å². The number of aromatic amines is 1. The SMILES string of the molecule is CCNC(=NCc1nc(-c2ccc(OC)cc2)n[nH]1)NCC(=O)NC(C)(C)C. The van der Waals surface area contributed by atoms with Crippen LogP contribution in [0, 0.1) is 0 Å². The first-order valence-corrected chi connectivity index (χ1v) is 9.19. The first-order valence-electron chi connectivity index (χ1n) is 9.19. The number of nitrogens with zero attached hydrogens (tertiary/aromatic N) is 3. The van der Waals surface area contributed by atoms with Crippen LogP contribution >= 0.6 is 0 Å². The van der Waals surface area contributed by atoms with Gasteiger partial charge in [0.15, 0.2) is 11.8 Å². The topological polar surface area (TPSA) is 116 Å². The quantitative estimate of drug-likeness (QED) is 0.422. The van der Waals surface area contributed by atoms with Crippen molar-refractivity contribution < 1.29 is 9.53 Å². The average molecular weight is 387 g/mol. The molecule has 1 aromatic heterocycles. The monoisotopic (exact) mass is 387 g/mol. The van der Waals surface area contributed by atoms with Crippen molar-refractivity contribution in [3.8, 4) is 17.1 Å². The molecule has 1 heterocycles. The summed E-state index contributed by atoms with van der Waals surface area (Å²) >= 11 is 0. The van der Waals surface area contributed by atoms with Gasteiger partial charge in [-0.1, -0.05) is 0 Å². The number of hydrogen-bond donors (Lipinski definition) is 4. The maximum atomic E-state index is 12.0.